The lowest BCUT2D eigenvalue weighted by Crippen LogP contribution is -2.26. The fourth-order valence-corrected chi connectivity index (χ4v) is 10.8. The fourth-order valence-electron chi connectivity index (χ4n) is 10.8. The average Bonchev–Trinajstić information content (AvgIpc) is 3.94. The van der Waals surface area contributed by atoms with Crippen molar-refractivity contribution < 1.29 is 0 Å². The summed E-state index contributed by atoms with van der Waals surface area (Å²) in [5.74, 6) is 0. The lowest BCUT2D eigenvalue weighted by atomic mass is 9.70. The van der Waals surface area contributed by atoms with Crippen LogP contribution in [0.3, 0.4) is 0 Å². The van der Waals surface area contributed by atoms with Gasteiger partial charge in [-0.05, 0) is 123 Å². The van der Waals surface area contributed by atoms with E-state index in [4.69, 9.17) is 0 Å². The van der Waals surface area contributed by atoms with Crippen molar-refractivity contribution in [3.05, 3.63) is 252 Å². The second kappa shape index (κ2) is 14.1. The average molecular weight is 791 g/mol. The quantitative estimate of drug-likeness (QED) is 0.156. The Bertz CT molecular complexity index is 3320. The maximum Gasteiger partial charge on any atom is 0.0727 e. The molecule has 0 unspecified atom stereocenters. The Morgan fingerprint density at radius 2 is 0.984 bits per heavy atom. The lowest BCUT2D eigenvalue weighted by molar-refractivity contribution is 0.792. The van der Waals surface area contributed by atoms with E-state index < -0.39 is 5.41 Å². The minimum atomic E-state index is -0.604. The van der Waals surface area contributed by atoms with Gasteiger partial charge in [0.25, 0.3) is 0 Å². The molecule has 2 aliphatic carbocycles. The normalized spacial score (nSPS) is 13.0. The van der Waals surface area contributed by atoms with Gasteiger partial charge < -0.3 is 9.47 Å². The first-order chi connectivity index (χ1) is 30.7. The van der Waals surface area contributed by atoms with Crippen LogP contribution in [0, 0.1) is 0 Å². The van der Waals surface area contributed by atoms with Gasteiger partial charge in [-0.3, -0.25) is 0 Å². The maximum atomic E-state index is 4.58. The third-order valence-corrected chi connectivity index (χ3v) is 13.3. The van der Waals surface area contributed by atoms with Crippen molar-refractivity contribution in [2.45, 2.75) is 12.3 Å². The minimum absolute atomic E-state index is 0.604. The monoisotopic (exact) mass is 790 g/mol. The Morgan fingerprint density at radius 3 is 1.61 bits per heavy atom. The highest BCUT2D eigenvalue weighted by molar-refractivity contribution is 6.10. The van der Waals surface area contributed by atoms with Crippen LogP contribution in [0.25, 0.3) is 73.0 Å². The van der Waals surface area contributed by atoms with Crippen molar-refractivity contribution >= 4 is 51.0 Å². The largest absolute Gasteiger partial charge is 0.310 e. The van der Waals surface area contributed by atoms with Gasteiger partial charge in [0, 0.05) is 33.4 Å². The Kier molecular flexibility index (Phi) is 8.17. The smallest absolute Gasteiger partial charge is 0.0727 e. The maximum absolute atomic E-state index is 4.58. The van der Waals surface area contributed by atoms with Gasteiger partial charge in [-0.1, -0.05) is 176 Å². The Hall–Kier alpha value is -7.94. The molecular weight excluding hydrogens is 749 g/mol. The molecule has 0 saturated heterocycles. The molecule has 12 rings (SSSR count). The molecule has 2 aliphatic rings. The number of para-hydroxylation sites is 3. The van der Waals surface area contributed by atoms with Crippen LogP contribution in [0.15, 0.2) is 219 Å². The summed E-state index contributed by atoms with van der Waals surface area (Å²) in [6.07, 6.45) is 6.55. The number of hydrogen-bond donors (Lipinski definition) is 0. The van der Waals surface area contributed by atoms with Gasteiger partial charge in [-0.25, -0.2) is 0 Å². The number of nitrogens with zero attached hydrogens (tertiary/aromatic N) is 2. The van der Waals surface area contributed by atoms with E-state index in [-0.39, 0.29) is 0 Å². The molecule has 0 aliphatic heterocycles. The van der Waals surface area contributed by atoms with Crippen LogP contribution in [0.1, 0.15) is 40.3 Å². The highest BCUT2D eigenvalue weighted by Crippen LogP contribution is 2.65. The zero-order valence-corrected chi connectivity index (χ0v) is 34.5. The van der Waals surface area contributed by atoms with E-state index in [0.717, 1.165) is 33.9 Å². The predicted molar refractivity (Wildman–Crippen MR) is 262 cm³/mol. The summed E-state index contributed by atoms with van der Waals surface area (Å²) in [5, 5.41) is 2.49. The summed E-state index contributed by atoms with van der Waals surface area (Å²) in [7, 11) is 0. The summed E-state index contributed by atoms with van der Waals surface area (Å²) in [6, 6.07) is 75.9. The van der Waals surface area contributed by atoms with Crippen LogP contribution in [0.2, 0.25) is 0 Å². The first kappa shape index (κ1) is 36.0. The summed E-state index contributed by atoms with van der Waals surface area (Å²) in [4.78, 5) is 2.40. The highest BCUT2D eigenvalue weighted by atomic mass is 15.1. The minimum Gasteiger partial charge on any atom is -0.310 e. The molecule has 1 aromatic heterocycles. The molecule has 1 spiro atoms. The summed E-state index contributed by atoms with van der Waals surface area (Å²) in [5.41, 5.74) is 21.1. The van der Waals surface area contributed by atoms with Crippen LogP contribution >= 0.6 is 0 Å². The van der Waals surface area contributed by atoms with Gasteiger partial charge in [0.1, 0.15) is 0 Å². The molecule has 1 heterocycles. The van der Waals surface area contributed by atoms with Gasteiger partial charge >= 0.3 is 0 Å². The molecule has 2 heteroatoms. The van der Waals surface area contributed by atoms with Crippen molar-refractivity contribution in [2.24, 2.45) is 0 Å². The van der Waals surface area contributed by atoms with Crippen LogP contribution in [0.4, 0.5) is 17.1 Å². The third kappa shape index (κ3) is 5.04. The summed E-state index contributed by atoms with van der Waals surface area (Å²) < 4.78 is 2.48. The number of rotatable bonds is 7. The molecule has 62 heavy (non-hydrogen) atoms. The van der Waals surface area contributed by atoms with Crippen LogP contribution < -0.4 is 4.90 Å². The topological polar surface area (TPSA) is 8.17 Å². The first-order valence-electron chi connectivity index (χ1n) is 21.5. The van der Waals surface area contributed by atoms with Gasteiger partial charge in [-0.2, -0.15) is 0 Å². The van der Waals surface area contributed by atoms with E-state index >= 15 is 0 Å². The van der Waals surface area contributed by atoms with Crippen LogP contribution in [-0.4, -0.2) is 4.57 Å². The summed E-state index contributed by atoms with van der Waals surface area (Å²) in [6.45, 7) is 6.69. The van der Waals surface area contributed by atoms with Gasteiger partial charge in [0.05, 0.1) is 22.1 Å². The van der Waals surface area contributed by atoms with Gasteiger partial charge in [-0.15, -0.1) is 0 Å². The molecule has 0 saturated carbocycles. The number of hydrogen-bond acceptors (Lipinski definition) is 1. The molecule has 0 N–H and O–H groups in total. The SMILES string of the molecule is C=Cc1c(/C=C\C)c(-n2c3ccccc3c3ccccc32)cc2c1-c1ccc(N(c3ccccc3)c3ccc(-c4ccccc4)cc3)cc1C21c2ccccc2-c2ccccc21. The standard InChI is InChI=1S/C60H42N2/c1-3-19-48-45(4-2)59-51-37-36-44(61(42-22-9-6-10-23-42)43-34-32-41(33-35-43)40-20-7-5-8-21-40)38-54(51)60(52-28-15-11-24-46(52)47-25-12-16-29-53(47)60)55(59)39-58(48)62-56-30-17-13-26-49(56)50-27-14-18-31-57(50)62/h3-39H,2H2,1H3/b19-3-. The van der Waals surface area contributed by atoms with Gasteiger partial charge in [0.15, 0.2) is 0 Å². The van der Waals surface area contributed by atoms with E-state index in [1.165, 1.54) is 77.4 Å². The van der Waals surface area contributed by atoms with Crippen molar-refractivity contribution in [2.75, 3.05) is 4.90 Å². The third-order valence-electron chi connectivity index (χ3n) is 13.3. The summed E-state index contributed by atoms with van der Waals surface area (Å²) >= 11 is 0. The van der Waals surface area contributed by atoms with Crippen molar-refractivity contribution in [3.8, 4) is 39.1 Å². The predicted octanol–water partition coefficient (Wildman–Crippen LogP) is 15.9. The van der Waals surface area contributed by atoms with Crippen LogP contribution in [0.5, 0.6) is 0 Å². The number of anilines is 3. The van der Waals surface area contributed by atoms with E-state index in [9.17, 15) is 0 Å². The second-order valence-electron chi connectivity index (χ2n) is 16.4. The second-order valence-corrected chi connectivity index (χ2v) is 16.4. The number of aromatic nitrogens is 1. The highest BCUT2D eigenvalue weighted by Gasteiger charge is 2.53. The Morgan fingerprint density at radius 1 is 0.452 bits per heavy atom. The Balaban J connectivity index is 1.18. The number of fused-ring (bicyclic) bond motifs is 13. The van der Waals surface area contributed by atoms with E-state index in [0.29, 0.717) is 0 Å². The molecule has 0 amide bonds. The van der Waals surface area contributed by atoms with Gasteiger partial charge in [0.2, 0.25) is 0 Å². The number of benzene rings is 9. The molecule has 0 fully saturated rings. The molecule has 292 valence electrons. The molecular formula is C60H42N2. The first-order valence-corrected chi connectivity index (χ1v) is 21.5. The molecule has 0 atom stereocenters. The van der Waals surface area contributed by atoms with Crippen molar-refractivity contribution in [1.82, 2.24) is 4.57 Å². The van der Waals surface area contributed by atoms with E-state index in [1.54, 1.807) is 0 Å². The van der Waals surface area contributed by atoms with Crippen molar-refractivity contribution in [3.63, 3.8) is 0 Å². The molecule has 0 bridgehead atoms. The molecule has 10 aromatic rings. The lowest BCUT2D eigenvalue weighted by Gasteiger charge is -2.33. The molecule has 2 nitrogen and oxygen atoms in total. The van der Waals surface area contributed by atoms with E-state index in [2.05, 4.69) is 247 Å². The van der Waals surface area contributed by atoms with Crippen LogP contribution in [-0.2, 0) is 5.41 Å². The molecule has 0 radical (unpaired) electrons. The Labute approximate surface area is 362 Å². The molecule has 9 aromatic carbocycles. The zero-order valence-electron chi connectivity index (χ0n) is 34.5. The zero-order chi connectivity index (χ0) is 41.4. The van der Waals surface area contributed by atoms with Crippen molar-refractivity contribution in [1.29, 1.82) is 0 Å². The fraction of sp³-hybridized carbons (Fsp3) is 0.0333. The number of allylic oxidation sites excluding steroid dienone is 1. The van der Waals surface area contributed by atoms with E-state index in [1.807, 2.05) is 0 Å².